The Kier molecular flexibility index (Phi) is 6.55. The largest absolute Gasteiger partial charge is 0.401 e. The van der Waals surface area contributed by atoms with E-state index in [2.05, 4.69) is 42.1 Å². The summed E-state index contributed by atoms with van der Waals surface area (Å²) >= 11 is 4.34. The van der Waals surface area contributed by atoms with Crippen molar-refractivity contribution in [2.24, 2.45) is 0 Å². The van der Waals surface area contributed by atoms with Gasteiger partial charge in [0.1, 0.15) is 6.04 Å². The van der Waals surface area contributed by atoms with E-state index in [4.69, 9.17) is 0 Å². The van der Waals surface area contributed by atoms with Crippen LogP contribution in [0.5, 0.6) is 0 Å². The summed E-state index contributed by atoms with van der Waals surface area (Å²) in [6, 6.07) is 5.44. The highest BCUT2D eigenvalue weighted by Crippen LogP contribution is 2.27. The number of hydrogen-bond donors (Lipinski definition) is 4. The second-order valence-electron chi connectivity index (χ2n) is 6.03. The molecule has 0 saturated carbocycles. The van der Waals surface area contributed by atoms with Crippen molar-refractivity contribution in [1.82, 2.24) is 20.8 Å². The first kappa shape index (κ1) is 21.3. The molecule has 3 aromatic rings. The lowest BCUT2D eigenvalue weighted by atomic mass is 10.2. The fourth-order valence-electron chi connectivity index (χ4n) is 2.51. The Morgan fingerprint density at radius 3 is 2.76 bits per heavy atom. The molecule has 1 unspecified atom stereocenters. The Labute approximate surface area is 175 Å². The third-order valence-corrected chi connectivity index (χ3v) is 5.55. The topological polar surface area (TPSA) is 98.9 Å². The third-order valence-electron chi connectivity index (χ3n) is 3.79. The number of aromatic nitrogens is 2. The molecule has 29 heavy (non-hydrogen) atoms. The molecule has 0 saturated heterocycles. The molecule has 4 N–H and O–H groups in total. The van der Waals surface area contributed by atoms with E-state index in [0.717, 1.165) is 22.2 Å². The Hall–Kier alpha value is -2.44. The predicted octanol–water partition coefficient (Wildman–Crippen LogP) is 3.33. The summed E-state index contributed by atoms with van der Waals surface area (Å²) in [5.74, 6) is -1.25. The van der Waals surface area contributed by atoms with Gasteiger partial charge in [-0.15, -0.1) is 11.3 Å². The molecule has 0 bridgehead atoms. The van der Waals surface area contributed by atoms with Crippen molar-refractivity contribution in [2.45, 2.75) is 12.2 Å². The van der Waals surface area contributed by atoms with Gasteiger partial charge in [-0.05, 0) is 40.2 Å². The van der Waals surface area contributed by atoms with Crippen LogP contribution < -0.4 is 16.0 Å². The number of benzene rings is 1. The minimum absolute atomic E-state index is 0.392. The molecule has 2 aromatic heterocycles. The van der Waals surface area contributed by atoms with Gasteiger partial charge < -0.3 is 10.6 Å². The summed E-state index contributed by atoms with van der Waals surface area (Å²) in [7, 11) is 0. The van der Waals surface area contributed by atoms with Gasteiger partial charge in [0.2, 0.25) is 11.8 Å². The number of fused-ring (bicyclic) bond motifs is 1. The van der Waals surface area contributed by atoms with Crippen molar-refractivity contribution in [3.05, 3.63) is 45.2 Å². The van der Waals surface area contributed by atoms with Crippen LogP contribution >= 0.6 is 27.3 Å². The lowest BCUT2D eigenvalue weighted by molar-refractivity contribution is -0.133. The SMILES string of the molecule is O=C(CNC(=O)C(NCC(F)(F)F)c1cc(Br)cs1)Nc1ccc2cn[nH]c2c1. The van der Waals surface area contributed by atoms with Gasteiger partial charge in [0, 0.05) is 25.8 Å². The average molecular weight is 490 g/mol. The number of halogens is 4. The molecule has 0 fully saturated rings. The molecule has 2 amide bonds. The maximum Gasteiger partial charge on any atom is 0.401 e. The summed E-state index contributed by atoms with van der Waals surface area (Å²) < 4.78 is 38.4. The Balaban J connectivity index is 1.60. The number of carbonyl (C=O) groups excluding carboxylic acids is 2. The second-order valence-corrected chi connectivity index (χ2v) is 7.89. The monoisotopic (exact) mass is 489 g/mol. The van der Waals surface area contributed by atoms with Crippen LogP contribution in [0.3, 0.4) is 0 Å². The van der Waals surface area contributed by atoms with Gasteiger partial charge in [-0.25, -0.2) is 0 Å². The molecular formula is C17H15BrF3N5O2S. The van der Waals surface area contributed by atoms with Gasteiger partial charge in [-0.3, -0.25) is 20.0 Å². The van der Waals surface area contributed by atoms with Crippen molar-refractivity contribution in [1.29, 1.82) is 0 Å². The van der Waals surface area contributed by atoms with Gasteiger partial charge in [0.25, 0.3) is 0 Å². The van der Waals surface area contributed by atoms with E-state index in [1.165, 1.54) is 0 Å². The van der Waals surface area contributed by atoms with Crippen LogP contribution in [0, 0.1) is 0 Å². The molecule has 1 aromatic carbocycles. The number of nitrogens with one attached hydrogen (secondary N) is 4. The zero-order valence-electron chi connectivity index (χ0n) is 14.6. The molecule has 0 aliphatic rings. The highest BCUT2D eigenvalue weighted by molar-refractivity contribution is 9.10. The van der Waals surface area contributed by atoms with Crippen LogP contribution in [0.2, 0.25) is 0 Å². The summed E-state index contributed by atoms with van der Waals surface area (Å²) in [5.41, 5.74) is 1.22. The van der Waals surface area contributed by atoms with Gasteiger partial charge in [-0.1, -0.05) is 0 Å². The van der Waals surface area contributed by atoms with E-state index in [1.807, 2.05) is 0 Å². The van der Waals surface area contributed by atoms with Gasteiger partial charge in [0.05, 0.1) is 24.8 Å². The van der Waals surface area contributed by atoms with E-state index < -0.39 is 37.1 Å². The quantitative estimate of drug-likeness (QED) is 0.409. The maximum absolute atomic E-state index is 12.6. The number of rotatable bonds is 7. The minimum atomic E-state index is -4.48. The maximum atomic E-state index is 12.6. The summed E-state index contributed by atoms with van der Waals surface area (Å²) in [6.07, 6.45) is -2.84. The van der Waals surface area contributed by atoms with Crippen molar-refractivity contribution in [3.63, 3.8) is 0 Å². The summed E-state index contributed by atoms with van der Waals surface area (Å²) in [5, 5.41) is 16.4. The highest BCUT2D eigenvalue weighted by atomic mass is 79.9. The summed E-state index contributed by atoms with van der Waals surface area (Å²) in [4.78, 5) is 24.9. The van der Waals surface area contributed by atoms with E-state index in [0.29, 0.717) is 15.0 Å². The number of aromatic amines is 1. The van der Waals surface area contributed by atoms with Crippen LogP contribution in [0.4, 0.5) is 18.9 Å². The van der Waals surface area contributed by atoms with E-state index >= 15 is 0 Å². The summed E-state index contributed by atoms with van der Waals surface area (Å²) in [6.45, 7) is -1.73. The molecule has 0 radical (unpaired) electrons. The molecule has 12 heteroatoms. The predicted molar refractivity (Wildman–Crippen MR) is 107 cm³/mol. The second kappa shape index (κ2) is 8.93. The number of hydrogen-bond acceptors (Lipinski definition) is 5. The molecule has 1 atom stereocenters. The first-order valence-corrected chi connectivity index (χ1v) is 9.93. The molecule has 0 aliphatic carbocycles. The smallest absolute Gasteiger partial charge is 0.345 e. The van der Waals surface area contributed by atoms with Crippen molar-refractivity contribution >= 4 is 55.7 Å². The van der Waals surface area contributed by atoms with Crippen molar-refractivity contribution < 1.29 is 22.8 Å². The Bertz CT molecular complexity index is 1020. The molecule has 0 spiro atoms. The minimum Gasteiger partial charge on any atom is -0.345 e. The standard InChI is InChI=1S/C17H15BrF3N5O2S/c18-10-3-13(29-7-10)15(23-8-17(19,20)21)16(28)22-6-14(27)25-11-2-1-9-5-24-26-12(9)4-11/h1-5,7,15,23H,6,8H2,(H,22,28)(H,24,26)(H,25,27). The average Bonchev–Trinajstić information content (AvgIpc) is 3.27. The molecule has 0 aliphatic heterocycles. The lowest BCUT2D eigenvalue weighted by Gasteiger charge is -2.18. The molecule has 154 valence electrons. The first-order valence-electron chi connectivity index (χ1n) is 8.26. The van der Waals surface area contributed by atoms with Crippen LogP contribution in [-0.2, 0) is 9.59 Å². The fraction of sp³-hybridized carbons (Fsp3) is 0.235. The zero-order valence-corrected chi connectivity index (χ0v) is 17.0. The lowest BCUT2D eigenvalue weighted by Crippen LogP contribution is -2.43. The number of nitrogens with zero attached hydrogens (tertiary/aromatic N) is 1. The fourth-order valence-corrected chi connectivity index (χ4v) is 4.03. The number of H-pyrrole nitrogens is 1. The molecule has 2 heterocycles. The van der Waals surface area contributed by atoms with Gasteiger partial charge in [0.15, 0.2) is 0 Å². The first-order chi connectivity index (χ1) is 13.7. The van der Waals surface area contributed by atoms with Gasteiger partial charge >= 0.3 is 6.18 Å². The van der Waals surface area contributed by atoms with E-state index in [1.54, 1.807) is 35.8 Å². The van der Waals surface area contributed by atoms with Crippen LogP contribution in [-0.4, -0.2) is 41.3 Å². The van der Waals surface area contributed by atoms with Crippen LogP contribution in [0.1, 0.15) is 10.9 Å². The van der Waals surface area contributed by atoms with Crippen molar-refractivity contribution in [2.75, 3.05) is 18.4 Å². The Morgan fingerprint density at radius 1 is 1.28 bits per heavy atom. The molecule has 7 nitrogen and oxygen atoms in total. The van der Waals surface area contributed by atoms with E-state index in [9.17, 15) is 22.8 Å². The van der Waals surface area contributed by atoms with Crippen LogP contribution in [0.25, 0.3) is 10.9 Å². The number of carbonyl (C=O) groups is 2. The number of thiophene rings is 1. The molecular weight excluding hydrogens is 475 g/mol. The third kappa shape index (κ3) is 6.02. The number of alkyl halides is 3. The highest BCUT2D eigenvalue weighted by Gasteiger charge is 2.31. The van der Waals surface area contributed by atoms with Crippen molar-refractivity contribution in [3.8, 4) is 0 Å². The van der Waals surface area contributed by atoms with Gasteiger partial charge in [-0.2, -0.15) is 18.3 Å². The van der Waals surface area contributed by atoms with E-state index in [-0.39, 0.29) is 0 Å². The zero-order chi connectivity index (χ0) is 21.0. The number of amides is 2. The molecule has 3 rings (SSSR count). The normalized spacial score (nSPS) is 12.7. The Morgan fingerprint density at radius 2 is 2.07 bits per heavy atom. The van der Waals surface area contributed by atoms with Crippen LogP contribution in [0.15, 0.2) is 40.3 Å². The number of anilines is 1.